The van der Waals surface area contributed by atoms with Crippen LogP contribution in [0.5, 0.6) is 11.5 Å². The van der Waals surface area contributed by atoms with Crippen LogP contribution in [0, 0.1) is 0 Å². The van der Waals surface area contributed by atoms with Crippen molar-refractivity contribution in [2.45, 2.75) is 0 Å². The van der Waals surface area contributed by atoms with E-state index >= 15 is 0 Å². The maximum absolute atomic E-state index is 12.2. The smallest absolute Gasteiger partial charge is 0.338 e. The van der Waals surface area contributed by atoms with Crippen LogP contribution in [0.2, 0.25) is 0 Å². The molecule has 0 bridgehead atoms. The lowest BCUT2D eigenvalue weighted by Crippen LogP contribution is -2.18. The van der Waals surface area contributed by atoms with Gasteiger partial charge >= 0.3 is 5.97 Å². The zero-order valence-corrected chi connectivity index (χ0v) is 15.5. The second-order valence-corrected chi connectivity index (χ2v) is 6.08. The van der Waals surface area contributed by atoms with Crippen molar-refractivity contribution in [1.29, 1.82) is 0 Å². The van der Waals surface area contributed by atoms with E-state index < -0.39 is 11.9 Å². The van der Waals surface area contributed by atoms with E-state index in [-0.39, 0.29) is 22.6 Å². The van der Waals surface area contributed by atoms with Gasteiger partial charge in [-0.2, -0.15) is 0 Å². The number of phenolic OH excluding ortho intramolecular Hbond substituents is 2. The Morgan fingerprint density at radius 1 is 0.793 bits per heavy atom. The first-order valence-corrected chi connectivity index (χ1v) is 8.57. The number of esters is 1. The monoisotopic (exact) mass is 393 g/mol. The van der Waals surface area contributed by atoms with Crippen LogP contribution in [-0.2, 0) is 4.74 Å². The molecular formula is C21H19N3O5. The molecule has 0 radical (unpaired) electrons. The highest BCUT2D eigenvalue weighted by Crippen LogP contribution is 2.36. The van der Waals surface area contributed by atoms with Gasteiger partial charge < -0.3 is 31.3 Å². The van der Waals surface area contributed by atoms with Crippen LogP contribution in [0.4, 0.5) is 22.7 Å². The van der Waals surface area contributed by atoms with E-state index in [1.807, 2.05) is 0 Å². The number of ether oxygens (including phenoxy) is 1. The molecular weight excluding hydrogens is 374 g/mol. The lowest BCUT2D eigenvalue weighted by atomic mass is 10.0. The standard InChI is InChI=1S/C21H19N3O5/c1-29-21(28)13-11-17(24-15-7-3-5-9-19(15)26)16(10-12(13)20(22)27)23-14-6-2-4-8-18(14)25/h2-11,23-26H,1H3,(H2,22,27). The summed E-state index contributed by atoms with van der Waals surface area (Å²) in [5, 5.41) is 26.2. The molecule has 0 fully saturated rings. The van der Waals surface area contributed by atoms with Gasteiger partial charge in [-0.15, -0.1) is 0 Å². The molecule has 8 heteroatoms. The van der Waals surface area contributed by atoms with Gasteiger partial charge in [0.2, 0.25) is 5.91 Å². The van der Waals surface area contributed by atoms with Gasteiger partial charge in [-0.05, 0) is 36.4 Å². The van der Waals surface area contributed by atoms with E-state index in [4.69, 9.17) is 10.5 Å². The van der Waals surface area contributed by atoms with Crippen molar-refractivity contribution < 1.29 is 24.5 Å². The fourth-order valence-electron chi connectivity index (χ4n) is 2.74. The van der Waals surface area contributed by atoms with Gasteiger partial charge in [0.15, 0.2) is 0 Å². The van der Waals surface area contributed by atoms with Gasteiger partial charge in [-0.1, -0.05) is 24.3 Å². The molecule has 0 spiro atoms. The average molecular weight is 393 g/mol. The van der Waals surface area contributed by atoms with Gasteiger partial charge in [0.05, 0.1) is 41.0 Å². The molecule has 0 saturated heterocycles. The summed E-state index contributed by atoms with van der Waals surface area (Å²) in [4.78, 5) is 24.1. The molecule has 0 atom stereocenters. The fourth-order valence-corrected chi connectivity index (χ4v) is 2.74. The van der Waals surface area contributed by atoms with Crippen LogP contribution in [0.15, 0.2) is 60.7 Å². The Morgan fingerprint density at radius 2 is 1.24 bits per heavy atom. The molecule has 3 rings (SSSR count). The first-order chi connectivity index (χ1) is 13.9. The number of aromatic hydroxyl groups is 2. The van der Waals surface area contributed by atoms with Crippen molar-refractivity contribution >= 4 is 34.6 Å². The zero-order valence-electron chi connectivity index (χ0n) is 15.5. The summed E-state index contributed by atoms with van der Waals surface area (Å²) in [6.07, 6.45) is 0. The highest BCUT2D eigenvalue weighted by Gasteiger charge is 2.20. The number of methoxy groups -OCH3 is 1. The molecule has 29 heavy (non-hydrogen) atoms. The number of nitrogens with two attached hydrogens (primary N) is 1. The summed E-state index contributed by atoms with van der Waals surface area (Å²) >= 11 is 0. The van der Waals surface area contributed by atoms with E-state index in [2.05, 4.69) is 10.6 Å². The molecule has 148 valence electrons. The average Bonchev–Trinajstić information content (AvgIpc) is 2.71. The highest BCUT2D eigenvalue weighted by molar-refractivity contribution is 6.07. The molecule has 8 nitrogen and oxygen atoms in total. The summed E-state index contributed by atoms with van der Waals surface area (Å²) < 4.78 is 4.75. The Morgan fingerprint density at radius 3 is 1.66 bits per heavy atom. The number of hydrogen-bond donors (Lipinski definition) is 5. The molecule has 3 aromatic rings. The lowest BCUT2D eigenvalue weighted by molar-refractivity contribution is 0.0597. The molecule has 0 aliphatic rings. The molecule has 0 unspecified atom stereocenters. The molecule has 1 amide bonds. The van der Waals surface area contributed by atoms with Crippen LogP contribution in [0.25, 0.3) is 0 Å². The molecule has 0 saturated carbocycles. The number of anilines is 4. The van der Waals surface area contributed by atoms with Gasteiger partial charge in [0, 0.05) is 0 Å². The maximum Gasteiger partial charge on any atom is 0.338 e. The molecule has 0 aliphatic carbocycles. The van der Waals surface area contributed by atoms with E-state index in [1.54, 1.807) is 36.4 Å². The van der Waals surface area contributed by atoms with Gasteiger partial charge in [-0.25, -0.2) is 4.79 Å². The largest absolute Gasteiger partial charge is 0.506 e. The predicted octanol–water partition coefficient (Wildman–Crippen LogP) is 3.47. The van der Waals surface area contributed by atoms with Crippen LogP contribution in [0.1, 0.15) is 20.7 Å². The predicted molar refractivity (Wildman–Crippen MR) is 109 cm³/mol. The normalized spacial score (nSPS) is 10.2. The molecule has 0 aromatic heterocycles. The Balaban J connectivity index is 2.16. The molecule has 3 aromatic carbocycles. The minimum Gasteiger partial charge on any atom is -0.506 e. The van der Waals surface area contributed by atoms with E-state index in [9.17, 15) is 19.8 Å². The van der Waals surface area contributed by atoms with Gasteiger partial charge in [0.1, 0.15) is 11.5 Å². The molecule has 6 N–H and O–H groups in total. The summed E-state index contributed by atoms with van der Waals surface area (Å²) in [7, 11) is 1.19. The fraction of sp³-hybridized carbons (Fsp3) is 0.0476. The Kier molecular flexibility index (Phi) is 5.54. The Labute approximate surface area is 166 Å². The molecule has 0 heterocycles. The van der Waals surface area contributed by atoms with E-state index in [0.29, 0.717) is 22.7 Å². The lowest BCUT2D eigenvalue weighted by Gasteiger charge is -2.18. The van der Waals surface area contributed by atoms with Gasteiger partial charge in [-0.3, -0.25) is 4.79 Å². The SMILES string of the molecule is COC(=O)c1cc(Nc2ccccc2O)c(Nc2ccccc2O)cc1C(N)=O. The number of hydrogen-bond acceptors (Lipinski definition) is 7. The highest BCUT2D eigenvalue weighted by atomic mass is 16.5. The van der Waals surface area contributed by atoms with Crippen molar-refractivity contribution in [3.63, 3.8) is 0 Å². The number of rotatable bonds is 6. The number of phenols is 2. The summed E-state index contributed by atoms with van der Waals surface area (Å²) in [6, 6.07) is 15.8. The molecule has 0 aliphatic heterocycles. The minimum absolute atomic E-state index is 0.0143. The first kappa shape index (κ1) is 19.6. The first-order valence-electron chi connectivity index (χ1n) is 8.57. The number of nitrogens with one attached hydrogen (secondary N) is 2. The minimum atomic E-state index is -0.820. The van der Waals surface area contributed by atoms with Crippen molar-refractivity contribution in [2.24, 2.45) is 5.73 Å². The Bertz CT molecular complexity index is 1080. The van der Waals surface area contributed by atoms with Crippen molar-refractivity contribution in [2.75, 3.05) is 17.7 Å². The Hall–Kier alpha value is -4.20. The van der Waals surface area contributed by atoms with Crippen LogP contribution >= 0.6 is 0 Å². The van der Waals surface area contributed by atoms with Crippen molar-refractivity contribution in [1.82, 2.24) is 0 Å². The van der Waals surface area contributed by atoms with Crippen LogP contribution in [-0.4, -0.2) is 29.2 Å². The second-order valence-electron chi connectivity index (χ2n) is 6.08. The quantitative estimate of drug-likeness (QED) is 0.320. The number of carbonyl (C=O) groups is 2. The maximum atomic E-state index is 12.2. The summed E-state index contributed by atoms with van der Waals surface area (Å²) in [5.74, 6) is -1.59. The summed E-state index contributed by atoms with van der Waals surface area (Å²) in [5.41, 5.74) is 6.77. The van der Waals surface area contributed by atoms with Crippen molar-refractivity contribution in [3.8, 4) is 11.5 Å². The van der Waals surface area contributed by atoms with Crippen LogP contribution in [0.3, 0.4) is 0 Å². The third-order valence-corrected chi connectivity index (χ3v) is 4.18. The number of amides is 1. The third-order valence-electron chi connectivity index (χ3n) is 4.18. The summed E-state index contributed by atoms with van der Waals surface area (Å²) in [6.45, 7) is 0. The number of carbonyl (C=O) groups excluding carboxylic acids is 2. The topological polar surface area (TPSA) is 134 Å². The number of benzene rings is 3. The van der Waals surface area contributed by atoms with Crippen molar-refractivity contribution in [3.05, 3.63) is 71.8 Å². The second kappa shape index (κ2) is 8.22. The number of para-hydroxylation sites is 4. The van der Waals surface area contributed by atoms with E-state index in [0.717, 1.165) is 0 Å². The number of primary amides is 1. The van der Waals surface area contributed by atoms with E-state index in [1.165, 1.54) is 31.4 Å². The van der Waals surface area contributed by atoms with Gasteiger partial charge in [0.25, 0.3) is 0 Å². The third kappa shape index (κ3) is 4.22. The zero-order chi connectivity index (χ0) is 21.0. The van der Waals surface area contributed by atoms with Crippen LogP contribution < -0.4 is 16.4 Å².